The van der Waals surface area contributed by atoms with Crippen LogP contribution in [-0.2, 0) is 0 Å². The van der Waals surface area contributed by atoms with Gasteiger partial charge in [-0.2, -0.15) is 0 Å². The number of hydrogen-bond acceptors (Lipinski definition) is 3. The fourth-order valence-corrected chi connectivity index (χ4v) is 3.42. The molecule has 3 atom stereocenters. The van der Waals surface area contributed by atoms with Crippen molar-refractivity contribution in [2.45, 2.75) is 69.6 Å². The van der Waals surface area contributed by atoms with Crippen LogP contribution in [0.25, 0.3) is 0 Å². The summed E-state index contributed by atoms with van der Waals surface area (Å²) >= 11 is 0. The van der Waals surface area contributed by atoms with E-state index >= 15 is 0 Å². The molecule has 4 N–H and O–H groups in total. The molecule has 2 aliphatic rings. The molecule has 0 aromatic heterocycles. The summed E-state index contributed by atoms with van der Waals surface area (Å²) in [7, 11) is 0. The van der Waals surface area contributed by atoms with Gasteiger partial charge < -0.3 is 15.9 Å². The molecular formula is C13H25NO2. The summed E-state index contributed by atoms with van der Waals surface area (Å²) in [6, 6.07) is 0.238. The average molecular weight is 227 g/mol. The molecule has 0 amide bonds. The largest absolute Gasteiger partial charge is 0.393 e. The molecule has 2 saturated carbocycles. The van der Waals surface area contributed by atoms with Gasteiger partial charge in [-0.25, -0.2) is 0 Å². The molecule has 94 valence electrons. The first-order valence-electron chi connectivity index (χ1n) is 6.78. The maximum absolute atomic E-state index is 9.67. The molecular weight excluding hydrogens is 202 g/mol. The van der Waals surface area contributed by atoms with Crippen LogP contribution in [0.1, 0.15) is 51.4 Å². The van der Waals surface area contributed by atoms with Gasteiger partial charge in [0.15, 0.2) is 0 Å². The topological polar surface area (TPSA) is 66.5 Å². The van der Waals surface area contributed by atoms with Crippen molar-refractivity contribution in [3.63, 3.8) is 0 Å². The standard InChI is InChI=1S/C13H25NO2/c14-13(9-4-6-11(15)7-5-9)10-2-1-3-12(16)8-10/h9-13,15-16H,1-8,14H2. The average Bonchev–Trinajstić information content (AvgIpc) is 2.29. The number of nitrogens with two attached hydrogens (primary N) is 1. The quantitative estimate of drug-likeness (QED) is 0.668. The molecule has 2 aliphatic carbocycles. The lowest BCUT2D eigenvalue weighted by molar-refractivity contribution is 0.0613. The number of rotatable bonds is 2. The Morgan fingerprint density at radius 2 is 1.50 bits per heavy atom. The first-order valence-corrected chi connectivity index (χ1v) is 6.78. The number of aliphatic hydroxyl groups excluding tert-OH is 2. The molecule has 0 bridgehead atoms. The zero-order valence-electron chi connectivity index (χ0n) is 10.0. The van der Waals surface area contributed by atoms with Crippen LogP contribution in [0.15, 0.2) is 0 Å². The van der Waals surface area contributed by atoms with E-state index in [-0.39, 0.29) is 18.2 Å². The van der Waals surface area contributed by atoms with Crippen molar-refractivity contribution < 1.29 is 10.2 Å². The summed E-state index contributed by atoms with van der Waals surface area (Å²) in [5.41, 5.74) is 6.34. The van der Waals surface area contributed by atoms with Crippen LogP contribution in [0.2, 0.25) is 0 Å². The van der Waals surface area contributed by atoms with E-state index in [1.54, 1.807) is 0 Å². The Bertz CT molecular complexity index is 214. The predicted octanol–water partition coefficient (Wildman–Crippen LogP) is 1.42. The molecule has 2 rings (SSSR count). The van der Waals surface area contributed by atoms with Crippen molar-refractivity contribution in [2.24, 2.45) is 17.6 Å². The fourth-order valence-electron chi connectivity index (χ4n) is 3.42. The van der Waals surface area contributed by atoms with Crippen molar-refractivity contribution in [3.05, 3.63) is 0 Å². The molecule has 3 unspecified atom stereocenters. The summed E-state index contributed by atoms with van der Waals surface area (Å²) in [6.45, 7) is 0. The van der Waals surface area contributed by atoms with Crippen LogP contribution in [0.3, 0.4) is 0 Å². The minimum atomic E-state index is -0.126. The van der Waals surface area contributed by atoms with Crippen molar-refractivity contribution in [1.82, 2.24) is 0 Å². The molecule has 0 aromatic carbocycles. The monoisotopic (exact) mass is 227 g/mol. The third-order valence-corrected chi connectivity index (χ3v) is 4.52. The molecule has 3 heteroatoms. The first-order chi connectivity index (χ1) is 7.66. The van der Waals surface area contributed by atoms with E-state index < -0.39 is 0 Å². The van der Waals surface area contributed by atoms with E-state index in [1.165, 1.54) is 6.42 Å². The van der Waals surface area contributed by atoms with Gasteiger partial charge >= 0.3 is 0 Å². The van der Waals surface area contributed by atoms with Crippen molar-refractivity contribution in [3.8, 4) is 0 Å². The van der Waals surface area contributed by atoms with Gasteiger partial charge in [-0.15, -0.1) is 0 Å². The minimum Gasteiger partial charge on any atom is -0.393 e. The summed E-state index contributed by atoms with van der Waals surface area (Å²) < 4.78 is 0. The maximum atomic E-state index is 9.67. The molecule has 16 heavy (non-hydrogen) atoms. The molecule has 0 aromatic rings. The number of aliphatic hydroxyl groups is 2. The molecule has 0 heterocycles. The first kappa shape index (κ1) is 12.3. The smallest absolute Gasteiger partial charge is 0.0543 e. The summed E-state index contributed by atoms with van der Waals surface area (Å²) in [5, 5.41) is 19.2. The summed E-state index contributed by atoms with van der Waals surface area (Å²) in [6.07, 6.45) is 7.86. The van der Waals surface area contributed by atoms with Crippen molar-refractivity contribution >= 4 is 0 Å². The Kier molecular flexibility index (Phi) is 4.22. The normalized spacial score (nSPS) is 42.9. The van der Waals surface area contributed by atoms with E-state index in [1.807, 2.05) is 0 Å². The maximum Gasteiger partial charge on any atom is 0.0543 e. The van der Waals surface area contributed by atoms with E-state index in [9.17, 15) is 10.2 Å². The molecule has 0 aliphatic heterocycles. The summed E-state index contributed by atoms with van der Waals surface area (Å²) in [5.74, 6) is 1.07. The third kappa shape index (κ3) is 2.96. The van der Waals surface area contributed by atoms with Gasteiger partial charge in [-0.05, 0) is 56.8 Å². The van der Waals surface area contributed by atoms with Crippen LogP contribution in [0.4, 0.5) is 0 Å². The van der Waals surface area contributed by atoms with Gasteiger partial charge in [-0.3, -0.25) is 0 Å². The third-order valence-electron chi connectivity index (χ3n) is 4.52. The van der Waals surface area contributed by atoms with Gasteiger partial charge in [0.25, 0.3) is 0 Å². The van der Waals surface area contributed by atoms with Crippen molar-refractivity contribution in [2.75, 3.05) is 0 Å². The number of hydrogen-bond donors (Lipinski definition) is 3. The van der Waals surface area contributed by atoms with Gasteiger partial charge in [0.2, 0.25) is 0 Å². The molecule has 2 fully saturated rings. The van der Waals surface area contributed by atoms with Crippen molar-refractivity contribution in [1.29, 1.82) is 0 Å². The van der Waals surface area contributed by atoms with E-state index in [2.05, 4.69) is 0 Å². The van der Waals surface area contributed by atoms with Crippen LogP contribution in [0.5, 0.6) is 0 Å². The summed E-state index contributed by atoms with van der Waals surface area (Å²) in [4.78, 5) is 0. The lowest BCUT2D eigenvalue weighted by Crippen LogP contribution is -2.42. The van der Waals surface area contributed by atoms with Crippen LogP contribution in [0, 0.1) is 11.8 Å². The lowest BCUT2D eigenvalue weighted by Gasteiger charge is -2.37. The van der Waals surface area contributed by atoms with Crippen LogP contribution >= 0.6 is 0 Å². The minimum absolute atomic E-state index is 0.0969. The second-order valence-electron chi connectivity index (χ2n) is 5.73. The van der Waals surface area contributed by atoms with E-state index in [4.69, 9.17) is 5.73 Å². The van der Waals surface area contributed by atoms with Gasteiger partial charge in [0.1, 0.15) is 0 Å². The Labute approximate surface area is 98.0 Å². The Morgan fingerprint density at radius 3 is 2.12 bits per heavy atom. The van der Waals surface area contributed by atoms with Crippen LogP contribution < -0.4 is 5.73 Å². The highest BCUT2D eigenvalue weighted by molar-refractivity contribution is 4.87. The molecule has 3 nitrogen and oxygen atoms in total. The van der Waals surface area contributed by atoms with E-state index in [0.29, 0.717) is 11.8 Å². The molecule has 0 spiro atoms. The highest BCUT2D eigenvalue weighted by atomic mass is 16.3. The SMILES string of the molecule is NC(C1CCC(O)CC1)C1CCCC(O)C1. The van der Waals surface area contributed by atoms with Gasteiger partial charge in [0, 0.05) is 6.04 Å². The van der Waals surface area contributed by atoms with E-state index in [0.717, 1.165) is 44.9 Å². The van der Waals surface area contributed by atoms with Gasteiger partial charge in [-0.1, -0.05) is 6.42 Å². The zero-order chi connectivity index (χ0) is 11.5. The van der Waals surface area contributed by atoms with Gasteiger partial charge in [0.05, 0.1) is 12.2 Å². The molecule has 0 saturated heterocycles. The van der Waals surface area contributed by atoms with Crippen LogP contribution in [-0.4, -0.2) is 28.5 Å². The second kappa shape index (κ2) is 5.48. The highest BCUT2D eigenvalue weighted by Gasteiger charge is 2.32. The zero-order valence-corrected chi connectivity index (χ0v) is 10.0. The Hall–Kier alpha value is -0.120. The highest BCUT2D eigenvalue weighted by Crippen LogP contribution is 2.34. The Morgan fingerprint density at radius 1 is 0.812 bits per heavy atom. The Balaban J connectivity index is 1.84. The second-order valence-corrected chi connectivity index (χ2v) is 5.73. The fraction of sp³-hybridized carbons (Fsp3) is 1.00. The lowest BCUT2D eigenvalue weighted by atomic mass is 9.73. The molecule has 0 radical (unpaired) electrons. The predicted molar refractivity (Wildman–Crippen MR) is 63.9 cm³/mol.